The molecule has 1 heterocycles. The van der Waals surface area contributed by atoms with E-state index in [1.54, 1.807) is 49.6 Å². The Hall–Kier alpha value is -3.56. The molecular formula is C28H32N2O6S. The van der Waals surface area contributed by atoms with E-state index in [-0.39, 0.29) is 28.7 Å². The van der Waals surface area contributed by atoms with E-state index >= 15 is 0 Å². The lowest BCUT2D eigenvalue weighted by Crippen LogP contribution is -2.44. The monoisotopic (exact) mass is 524 g/mol. The minimum Gasteiger partial charge on any atom is -0.495 e. The number of carbonyl (C=O) groups is 1. The molecule has 2 unspecified atom stereocenters. The number of nitrogens with zero attached hydrogens (tertiary/aromatic N) is 1. The van der Waals surface area contributed by atoms with Crippen LogP contribution in [0.1, 0.15) is 27.9 Å². The van der Waals surface area contributed by atoms with Crippen molar-refractivity contribution < 1.29 is 27.4 Å². The molecule has 0 aliphatic carbocycles. The van der Waals surface area contributed by atoms with Crippen LogP contribution < -0.4 is 14.2 Å². The van der Waals surface area contributed by atoms with Gasteiger partial charge in [-0.05, 0) is 49.7 Å². The highest BCUT2D eigenvalue weighted by Gasteiger charge is 2.39. The number of aryl methyl sites for hydroxylation is 2. The molecule has 0 radical (unpaired) electrons. The van der Waals surface area contributed by atoms with Crippen molar-refractivity contribution in [2.24, 2.45) is 0 Å². The summed E-state index contributed by atoms with van der Waals surface area (Å²) in [5.74, 6) is 0.699. The first-order chi connectivity index (χ1) is 17.7. The van der Waals surface area contributed by atoms with Crippen LogP contribution in [0.4, 0.5) is 5.69 Å². The molecule has 2 atom stereocenters. The molecule has 1 saturated heterocycles. The third-order valence-corrected chi connectivity index (χ3v) is 7.86. The van der Waals surface area contributed by atoms with Crippen LogP contribution in [0.15, 0.2) is 71.6 Å². The van der Waals surface area contributed by atoms with E-state index < -0.39 is 10.0 Å². The number of para-hydroxylation sites is 1. The Kier molecular flexibility index (Phi) is 8.04. The lowest BCUT2D eigenvalue weighted by molar-refractivity contribution is 0.0453. The van der Waals surface area contributed by atoms with Crippen molar-refractivity contribution in [3.05, 3.63) is 83.4 Å². The molecule has 0 spiro atoms. The van der Waals surface area contributed by atoms with Crippen LogP contribution in [0.5, 0.6) is 11.5 Å². The fourth-order valence-corrected chi connectivity index (χ4v) is 5.78. The molecule has 0 saturated carbocycles. The Morgan fingerprint density at radius 2 is 1.81 bits per heavy atom. The molecule has 4 rings (SSSR count). The summed E-state index contributed by atoms with van der Waals surface area (Å²) >= 11 is 0. The number of carbonyl (C=O) groups excluding carboxylic acids is 1. The van der Waals surface area contributed by atoms with Gasteiger partial charge in [-0.15, -0.1) is 0 Å². The van der Waals surface area contributed by atoms with Gasteiger partial charge in [0.25, 0.3) is 15.9 Å². The number of sulfonamides is 1. The van der Waals surface area contributed by atoms with E-state index in [1.165, 1.54) is 13.2 Å². The molecular weight excluding hydrogens is 492 g/mol. The van der Waals surface area contributed by atoms with Crippen LogP contribution in [0.3, 0.4) is 0 Å². The van der Waals surface area contributed by atoms with Crippen molar-refractivity contribution in [2.75, 3.05) is 32.1 Å². The van der Waals surface area contributed by atoms with Gasteiger partial charge in [-0.25, -0.2) is 8.42 Å². The quantitative estimate of drug-likeness (QED) is 0.445. The third-order valence-electron chi connectivity index (χ3n) is 6.44. The Morgan fingerprint density at radius 1 is 1.03 bits per heavy atom. The minimum atomic E-state index is -3.88. The Labute approximate surface area is 218 Å². The van der Waals surface area contributed by atoms with Gasteiger partial charge in [0.1, 0.15) is 22.5 Å². The normalized spacial score (nSPS) is 17.5. The molecule has 3 aromatic carbocycles. The second kappa shape index (κ2) is 11.2. The van der Waals surface area contributed by atoms with E-state index in [0.29, 0.717) is 36.6 Å². The van der Waals surface area contributed by atoms with Gasteiger partial charge in [-0.1, -0.05) is 35.9 Å². The molecule has 1 aliphatic heterocycles. The summed E-state index contributed by atoms with van der Waals surface area (Å²) in [5, 5.41) is 0. The standard InChI is InChI=1S/C28H32N2O6S/c1-19-12-13-20(2)23(16-19)28(31)30-15-14-25(24(30)18-34-3)36-22-9-7-8-21(17-22)29-37(32,33)27-11-6-5-10-26(27)35-4/h5-13,16-17,24-25,29H,14-15,18H2,1-4H3. The van der Waals surface area contributed by atoms with E-state index in [9.17, 15) is 13.2 Å². The summed E-state index contributed by atoms with van der Waals surface area (Å²) in [6.07, 6.45) is 0.317. The summed E-state index contributed by atoms with van der Waals surface area (Å²) in [6.45, 7) is 4.75. The Morgan fingerprint density at radius 3 is 2.57 bits per heavy atom. The van der Waals surface area contributed by atoms with Crippen LogP contribution in [-0.4, -0.2) is 58.7 Å². The van der Waals surface area contributed by atoms with Crippen LogP contribution >= 0.6 is 0 Å². The van der Waals surface area contributed by atoms with Crippen molar-refractivity contribution in [3.63, 3.8) is 0 Å². The smallest absolute Gasteiger partial charge is 0.265 e. The Balaban J connectivity index is 1.52. The van der Waals surface area contributed by atoms with Crippen LogP contribution in [0, 0.1) is 13.8 Å². The van der Waals surface area contributed by atoms with Gasteiger partial charge in [-0.3, -0.25) is 9.52 Å². The zero-order valence-corrected chi connectivity index (χ0v) is 22.2. The second-order valence-electron chi connectivity index (χ2n) is 9.07. The molecule has 0 aromatic heterocycles. The van der Waals surface area contributed by atoms with Gasteiger partial charge < -0.3 is 19.1 Å². The van der Waals surface area contributed by atoms with Crippen molar-refractivity contribution in [2.45, 2.75) is 37.3 Å². The molecule has 1 amide bonds. The number of anilines is 1. The van der Waals surface area contributed by atoms with Crippen molar-refractivity contribution in [1.29, 1.82) is 0 Å². The number of benzene rings is 3. The highest BCUT2D eigenvalue weighted by molar-refractivity contribution is 7.92. The highest BCUT2D eigenvalue weighted by Crippen LogP contribution is 2.30. The third kappa shape index (κ3) is 5.89. The summed E-state index contributed by atoms with van der Waals surface area (Å²) < 4.78 is 45.5. The van der Waals surface area contributed by atoms with Crippen molar-refractivity contribution in [3.8, 4) is 11.5 Å². The van der Waals surface area contributed by atoms with Crippen LogP contribution in [0.25, 0.3) is 0 Å². The number of rotatable bonds is 9. The molecule has 196 valence electrons. The number of methoxy groups -OCH3 is 2. The lowest BCUT2D eigenvalue weighted by atomic mass is 10.0. The number of nitrogens with one attached hydrogen (secondary N) is 1. The molecule has 1 aliphatic rings. The first-order valence-electron chi connectivity index (χ1n) is 12.0. The maximum absolute atomic E-state index is 13.4. The van der Waals surface area contributed by atoms with E-state index in [2.05, 4.69) is 4.72 Å². The summed E-state index contributed by atoms with van der Waals surface area (Å²) in [5.41, 5.74) is 2.98. The zero-order chi connectivity index (χ0) is 26.6. The topological polar surface area (TPSA) is 94.2 Å². The second-order valence-corrected chi connectivity index (χ2v) is 10.7. The van der Waals surface area contributed by atoms with Gasteiger partial charge in [0.15, 0.2) is 0 Å². The van der Waals surface area contributed by atoms with E-state index in [1.807, 2.05) is 36.9 Å². The number of hydrogen-bond donors (Lipinski definition) is 1. The van der Waals surface area contributed by atoms with E-state index in [0.717, 1.165) is 11.1 Å². The molecule has 8 nitrogen and oxygen atoms in total. The predicted molar refractivity (Wildman–Crippen MR) is 142 cm³/mol. The number of amides is 1. The first kappa shape index (κ1) is 26.5. The molecule has 1 fully saturated rings. The fourth-order valence-electron chi connectivity index (χ4n) is 4.56. The largest absolute Gasteiger partial charge is 0.495 e. The molecule has 3 aromatic rings. The Bertz CT molecular complexity index is 1370. The van der Waals surface area contributed by atoms with E-state index in [4.69, 9.17) is 14.2 Å². The summed E-state index contributed by atoms with van der Waals surface area (Å²) in [4.78, 5) is 15.3. The average molecular weight is 525 g/mol. The van der Waals surface area contributed by atoms with Crippen LogP contribution in [-0.2, 0) is 14.8 Å². The maximum atomic E-state index is 13.4. The fraction of sp³-hybridized carbons (Fsp3) is 0.321. The maximum Gasteiger partial charge on any atom is 0.265 e. The van der Waals surface area contributed by atoms with Gasteiger partial charge in [0.2, 0.25) is 0 Å². The zero-order valence-electron chi connectivity index (χ0n) is 21.4. The minimum absolute atomic E-state index is 0.0420. The lowest BCUT2D eigenvalue weighted by Gasteiger charge is -2.28. The van der Waals surface area contributed by atoms with Gasteiger partial charge in [0.05, 0.1) is 25.4 Å². The van der Waals surface area contributed by atoms with Gasteiger partial charge >= 0.3 is 0 Å². The molecule has 0 bridgehead atoms. The van der Waals surface area contributed by atoms with Gasteiger partial charge in [-0.2, -0.15) is 0 Å². The van der Waals surface area contributed by atoms with Crippen molar-refractivity contribution >= 4 is 21.6 Å². The van der Waals surface area contributed by atoms with Crippen LogP contribution in [0.2, 0.25) is 0 Å². The molecule has 37 heavy (non-hydrogen) atoms. The van der Waals surface area contributed by atoms with Crippen molar-refractivity contribution in [1.82, 2.24) is 4.90 Å². The van der Waals surface area contributed by atoms with Gasteiger partial charge in [0, 0.05) is 31.7 Å². The first-order valence-corrected chi connectivity index (χ1v) is 13.5. The molecule has 1 N–H and O–H groups in total. The average Bonchev–Trinajstić information content (AvgIpc) is 3.27. The number of ether oxygens (including phenoxy) is 3. The predicted octanol–water partition coefficient (Wildman–Crippen LogP) is 4.42. The number of likely N-dealkylation sites (tertiary alicyclic amines) is 1. The highest BCUT2D eigenvalue weighted by atomic mass is 32.2. The SMILES string of the molecule is COCC1C(Oc2cccc(NS(=O)(=O)c3ccccc3OC)c2)CCN1C(=O)c1cc(C)ccc1C. The number of hydrogen-bond acceptors (Lipinski definition) is 6. The summed E-state index contributed by atoms with van der Waals surface area (Å²) in [7, 11) is -0.855. The molecule has 9 heteroatoms. The summed E-state index contributed by atoms with van der Waals surface area (Å²) in [6, 6.07) is 18.7.